The molecule has 0 fully saturated rings. The van der Waals surface area contributed by atoms with Gasteiger partial charge in [0, 0.05) is 18.0 Å². The maximum absolute atomic E-state index is 12.9. The van der Waals surface area contributed by atoms with Gasteiger partial charge in [0.25, 0.3) is 0 Å². The smallest absolute Gasteiger partial charge is 0.247 e. The molecule has 3 aromatic rings. The van der Waals surface area contributed by atoms with Gasteiger partial charge in [0.2, 0.25) is 17.7 Å². The Morgan fingerprint density at radius 3 is 2.58 bits per heavy atom. The number of carbonyl (C=O) groups excluding carboxylic acids is 1. The third-order valence-corrected chi connectivity index (χ3v) is 3.45. The highest BCUT2D eigenvalue weighted by Gasteiger charge is 2.15. The summed E-state index contributed by atoms with van der Waals surface area (Å²) in [6.45, 7) is 1.82. The zero-order chi connectivity index (χ0) is 16.9. The maximum Gasteiger partial charge on any atom is 0.247 e. The fraction of sp³-hybridized carbons (Fsp3) is 0.176. The van der Waals surface area contributed by atoms with Crippen LogP contribution < -0.4 is 5.32 Å². The Morgan fingerprint density at radius 1 is 1.17 bits per heavy atom. The SMILES string of the molecule is C[C@@H](NC(=O)Cc1nnc(-c2ccncc2)o1)c1ccc(F)cc1. The van der Waals surface area contributed by atoms with Crippen LogP contribution >= 0.6 is 0 Å². The van der Waals surface area contributed by atoms with E-state index in [4.69, 9.17) is 4.42 Å². The Morgan fingerprint density at radius 2 is 1.88 bits per heavy atom. The zero-order valence-electron chi connectivity index (χ0n) is 12.9. The quantitative estimate of drug-likeness (QED) is 0.779. The number of pyridine rings is 1. The lowest BCUT2D eigenvalue weighted by atomic mass is 10.1. The predicted molar refractivity (Wildman–Crippen MR) is 84.2 cm³/mol. The highest BCUT2D eigenvalue weighted by atomic mass is 19.1. The second-order valence-corrected chi connectivity index (χ2v) is 5.25. The van der Waals surface area contributed by atoms with Crippen LogP contribution in [0.25, 0.3) is 11.5 Å². The van der Waals surface area contributed by atoms with Crippen LogP contribution in [0.1, 0.15) is 24.4 Å². The molecule has 1 aromatic carbocycles. The summed E-state index contributed by atoms with van der Waals surface area (Å²) in [4.78, 5) is 16.0. The lowest BCUT2D eigenvalue weighted by molar-refractivity contribution is -0.121. The molecular weight excluding hydrogens is 311 g/mol. The summed E-state index contributed by atoms with van der Waals surface area (Å²) < 4.78 is 18.4. The highest BCUT2D eigenvalue weighted by Crippen LogP contribution is 2.17. The molecule has 0 unspecified atom stereocenters. The molecular formula is C17H15FN4O2. The molecule has 2 aromatic heterocycles. The van der Waals surface area contributed by atoms with E-state index >= 15 is 0 Å². The minimum absolute atomic E-state index is 0.0242. The molecule has 3 rings (SSSR count). The number of amides is 1. The van der Waals surface area contributed by atoms with Gasteiger partial charge in [-0.25, -0.2) is 4.39 Å². The molecule has 7 heteroatoms. The van der Waals surface area contributed by atoms with Crippen LogP contribution in [-0.2, 0) is 11.2 Å². The number of benzene rings is 1. The van der Waals surface area contributed by atoms with Crippen molar-refractivity contribution in [3.63, 3.8) is 0 Å². The van der Waals surface area contributed by atoms with Gasteiger partial charge in [0.15, 0.2) is 0 Å². The Balaban J connectivity index is 1.61. The first-order chi connectivity index (χ1) is 11.6. The summed E-state index contributed by atoms with van der Waals surface area (Å²) in [7, 11) is 0. The van der Waals surface area contributed by atoms with E-state index in [1.54, 1.807) is 36.7 Å². The van der Waals surface area contributed by atoms with Gasteiger partial charge in [-0.2, -0.15) is 0 Å². The summed E-state index contributed by atoms with van der Waals surface area (Å²) in [6, 6.07) is 9.22. The van der Waals surface area contributed by atoms with E-state index < -0.39 is 0 Å². The summed E-state index contributed by atoms with van der Waals surface area (Å²) in [5.41, 5.74) is 1.55. The molecule has 1 N–H and O–H groups in total. The van der Waals surface area contributed by atoms with Crippen LogP contribution in [0.3, 0.4) is 0 Å². The van der Waals surface area contributed by atoms with E-state index in [1.807, 2.05) is 6.92 Å². The average molecular weight is 326 g/mol. The molecule has 0 aliphatic heterocycles. The number of nitrogens with zero attached hydrogens (tertiary/aromatic N) is 3. The van der Waals surface area contributed by atoms with Crippen molar-refractivity contribution in [3.05, 3.63) is 66.1 Å². The van der Waals surface area contributed by atoms with Crippen molar-refractivity contribution in [2.24, 2.45) is 0 Å². The molecule has 1 amide bonds. The number of hydrogen-bond donors (Lipinski definition) is 1. The largest absolute Gasteiger partial charge is 0.420 e. The van der Waals surface area contributed by atoms with Crippen LogP contribution in [0.5, 0.6) is 0 Å². The molecule has 24 heavy (non-hydrogen) atoms. The average Bonchev–Trinajstić information content (AvgIpc) is 3.04. The van der Waals surface area contributed by atoms with E-state index in [0.717, 1.165) is 11.1 Å². The molecule has 0 saturated heterocycles. The number of hydrogen-bond acceptors (Lipinski definition) is 5. The van der Waals surface area contributed by atoms with Gasteiger partial charge in [0.05, 0.1) is 6.04 Å². The molecule has 122 valence electrons. The predicted octanol–water partition coefficient (Wildman–Crippen LogP) is 2.69. The molecule has 6 nitrogen and oxygen atoms in total. The highest BCUT2D eigenvalue weighted by molar-refractivity contribution is 5.78. The van der Waals surface area contributed by atoms with Crippen LogP contribution in [0, 0.1) is 5.82 Å². The molecule has 0 bridgehead atoms. The topological polar surface area (TPSA) is 80.9 Å². The van der Waals surface area contributed by atoms with Gasteiger partial charge >= 0.3 is 0 Å². The van der Waals surface area contributed by atoms with Crippen molar-refractivity contribution in [2.75, 3.05) is 0 Å². The fourth-order valence-corrected chi connectivity index (χ4v) is 2.20. The molecule has 0 aliphatic carbocycles. The summed E-state index contributed by atoms with van der Waals surface area (Å²) in [5.74, 6) is 0.000864. The van der Waals surface area contributed by atoms with Gasteiger partial charge in [-0.1, -0.05) is 12.1 Å². The van der Waals surface area contributed by atoms with Gasteiger partial charge in [-0.3, -0.25) is 9.78 Å². The standard InChI is InChI=1S/C17H15FN4O2/c1-11(12-2-4-14(18)5-3-12)20-15(23)10-16-21-22-17(24-16)13-6-8-19-9-7-13/h2-9,11H,10H2,1H3,(H,20,23)/t11-/m1/s1. The van der Waals surface area contributed by atoms with E-state index in [9.17, 15) is 9.18 Å². The number of aromatic nitrogens is 3. The second-order valence-electron chi connectivity index (χ2n) is 5.25. The van der Waals surface area contributed by atoms with Crippen LogP contribution in [0.4, 0.5) is 4.39 Å². The zero-order valence-corrected chi connectivity index (χ0v) is 12.9. The lowest BCUT2D eigenvalue weighted by Crippen LogP contribution is -2.28. The maximum atomic E-state index is 12.9. The van der Waals surface area contributed by atoms with Crippen LogP contribution in [-0.4, -0.2) is 21.1 Å². The first-order valence-corrected chi connectivity index (χ1v) is 7.39. The lowest BCUT2D eigenvalue weighted by Gasteiger charge is -2.13. The third-order valence-electron chi connectivity index (χ3n) is 3.45. The van der Waals surface area contributed by atoms with Gasteiger partial charge in [0.1, 0.15) is 12.2 Å². The first-order valence-electron chi connectivity index (χ1n) is 7.39. The normalized spacial score (nSPS) is 11.9. The number of carbonyl (C=O) groups is 1. The van der Waals surface area contributed by atoms with Crippen LogP contribution in [0.2, 0.25) is 0 Å². The molecule has 0 radical (unpaired) electrons. The van der Waals surface area contributed by atoms with E-state index in [1.165, 1.54) is 12.1 Å². The minimum atomic E-state index is -0.313. The molecule has 0 spiro atoms. The van der Waals surface area contributed by atoms with Crippen molar-refractivity contribution in [1.82, 2.24) is 20.5 Å². The molecule has 0 saturated carbocycles. The summed E-state index contributed by atoms with van der Waals surface area (Å²) in [6.07, 6.45) is 3.22. The Bertz CT molecular complexity index is 818. The minimum Gasteiger partial charge on any atom is -0.420 e. The first kappa shape index (κ1) is 15.8. The second kappa shape index (κ2) is 6.99. The number of nitrogens with one attached hydrogen (secondary N) is 1. The monoisotopic (exact) mass is 326 g/mol. The Hall–Kier alpha value is -3.09. The molecule has 2 heterocycles. The van der Waals surface area contributed by atoms with Crippen molar-refractivity contribution >= 4 is 5.91 Å². The van der Waals surface area contributed by atoms with Gasteiger partial charge < -0.3 is 9.73 Å². The molecule has 0 aliphatic rings. The third kappa shape index (κ3) is 3.81. The number of halogens is 1. The fourth-order valence-electron chi connectivity index (χ4n) is 2.20. The molecule has 1 atom stereocenters. The number of rotatable bonds is 5. The Labute approximate surface area is 137 Å². The van der Waals surface area contributed by atoms with E-state index in [-0.39, 0.29) is 30.1 Å². The Kier molecular flexibility index (Phi) is 4.60. The van der Waals surface area contributed by atoms with E-state index in [0.29, 0.717) is 5.89 Å². The van der Waals surface area contributed by atoms with Gasteiger partial charge in [-0.15, -0.1) is 10.2 Å². The van der Waals surface area contributed by atoms with Crippen molar-refractivity contribution in [1.29, 1.82) is 0 Å². The van der Waals surface area contributed by atoms with Crippen molar-refractivity contribution in [2.45, 2.75) is 19.4 Å². The van der Waals surface area contributed by atoms with E-state index in [2.05, 4.69) is 20.5 Å². The van der Waals surface area contributed by atoms with Gasteiger partial charge in [-0.05, 0) is 36.8 Å². The van der Waals surface area contributed by atoms with Crippen molar-refractivity contribution in [3.8, 4) is 11.5 Å². The summed E-state index contributed by atoms with van der Waals surface area (Å²) in [5, 5.41) is 10.6. The van der Waals surface area contributed by atoms with Crippen LogP contribution in [0.15, 0.2) is 53.2 Å². The summed E-state index contributed by atoms with van der Waals surface area (Å²) >= 11 is 0. The van der Waals surface area contributed by atoms with Crippen molar-refractivity contribution < 1.29 is 13.6 Å².